The SMILES string of the molecule is Oc1ccc2ccccc2c1-c1cc(-c2ccccc2)cc2ccccc12. The number of hydrogen-bond donors (Lipinski definition) is 1. The summed E-state index contributed by atoms with van der Waals surface area (Å²) in [5.41, 5.74) is 4.27. The predicted octanol–water partition coefficient (Wildman–Crippen LogP) is 7.03. The fourth-order valence-corrected chi connectivity index (χ4v) is 3.86. The molecule has 5 aromatic rings. The highest BCUT2D eigenvalue weighted by Crippen LogP contribution is 2.41. The lowest BCUT2D eigenvalue weighted by Gasteiger charge is -2.15. The highest BCUT2D eigenvalue weighted by Gasteiger charge is 2.14. The molecule has 1 nitrogen and oxygen atoms in total. The minimum absolute atomic E-state index is 0.309. The van der Waals surface area contributed by atoms with Gasteiger partial charge in [-0.25, -0.2) is 0 Å². The average Bonchev–Trinajstić information content (AvgIpc) is 2.74. The Labute approximate surface area is 158 Å². The van der Waals surface area contributed by atoms with Gasteiger partial charge in [-0.05, 0) is 56.4 Å². The summed E-state index contributed by atoms with van der Waals surface area (Å²) in [6.07, 6.45) is 0. The Morgan fingerprint density at radius 1 is 0.481 bits per heavy atom. The van der Waals surface area contributed by atoms with E-state index in [2.05, 4.69) is 72.8 Å². The van der Waals surface area contributed by atoms with Crippen LogP contribution in [0.25, 0.3) is 43.8 Å². The molecule has 0 spiro atoms. The van der Waals surface area contributed by atoms with Crippen LogP contribution in [0.15, 0.2) is 103 Å². The van der Waals surface area contributed by atoms with Gasteiger partial charge in [0.25, 0.3) is 0 Å². The summed E-state index contributed by atoms with van der Waals surface area (Å²) in [5, 5.41) is 15.3. The van der Waals surface area contributed by atoms with Crippen LogP contribution in [-0.2, 0) is 0 Å². The summed E-state index contributed by atoms with van der Waals surface area (Å²) in [4.78, 5) is 0. The molecule has 0 aromatic heterocycles. The second-order valence-electron chi connectivity index (χ2n) is 6.79. The first-order valence-electron chi connectivity index (χ1n) is 9.10. The zero-order chi connectivity index (χ0) is 18.2. The first kappa shape index (κ1) is 15.7. The van der Waals surface area contributed by atoms with Crippen molar-refractivity contribution in [3.05, 3.63) is 103 Å². The number of aromatic hydroxyl groups is 1. The molecule has 0 unspecified atom stereocenters. The van der Waals surface area contributed by atoms with Crippen molar-refractivity contribution in [3.63, 3.8) is 0 Å². The minimum atomic E-state index is 0.309. The molecular formula is C26H18O. The fourth-order valence-electron chi connectivity index (χ4n) is 3.86. The largest absolute Gasteiger partial charge is 0.507 e. The second-order valence-corrected chi connectivity index (χ2v) is 6.79. The van der Waals surface area contributed by atoms with Crippen LogP contribution < -0.4 is 0 Å². The van der Waals surface area contributed by atoms with Crippen LogP contribution in [-0.4, -0.2) is 5.11 Å². The molecule has 0 amide bonds. The van der Waals surface area contributed by atoms with Gasteiger partial charge in [0.15, 0.2) is 0 Å². The molecule has 0 atom stereocenters. The van der Waals surface area contributed by atoms with Crippen molar-refractivity contribution < 1.29 is 5.11 Å². The van der Waals surface area contributed by atoms with Gasteiger partial charge in [0, 0.05) is 5.56 Å². The summed E-state index contributed by atoms with van der Waals surface area (Å²) >= 11 is 0. The Balaban J connectivity index is 1.90. The quantitative estimate of drug-likeness (QED) is 0.364. The van der Waals surface area contributed by atoms with E-state index in [-0.39, 0.29) is 0 Å². The summed E-state index contributed by atoms with van der Waals surface area (Å²) in [6, 6.07) is 35.1. The van der Waals surface area contributed by atoms with E-state index < -0.39 is 0 Å². The number of phenols is 1. The Kier molecular flexibility index (Phi) is 3.65. The number of phenolic OH excluding ortho intramolecular Hbond substituents is 1. The van der Waals surface area contributed by atoms with Crippen LogP contribution in [0.5, 0.6) is 5.75 Å². The summed E-state index contributed by atoms with van der Waals surface area (Å²) < 4.78 is 0. The Morgan fingerprint density at radius 3 is 1.96 bits per heavy atom. The molecule has 1 heteroatoms. The van der Waals surface area contributed by atoms with Crippen LogP contribution >= 0.6 is 0 Å². The van der Waals surface area contributed by atoms with Crippen LogP contribution in [0, 0.1) is 0 Å². The molecule has 0 bridgehead atoms. The van der Waals surface area contributed by atoms with Crippen molar-refractivity contribution in [2.24, 2.45) is 0 Å². The van der Waals surface area contributed by atoms with E-state index in [1.165, 1.54) is 10.9 Å². The summed E-state index contributed by atoms with van der Waals surface area (Å²) in [6.45, 7) is 0. The standard InChI is InChI=1S/C26H18O/c27-25-15-14-19-10-4-7-13-23(19)26(25)24-17-21(18-8-2-1-3-9-18)16-20-11-5-6-12-22(20)24/h1-17,27H. The minimum Gasteiger partial charge on any atom is -0.507 e. The van der Waals surface area contributed by atoms with Crippen molar-refractivity contribution in [1.29, 1.82) is 0 Å². The van der Waals surface area contributed by atoms with Crippen LogP contribution in [0.3, 0.4) is 0 Å². The smallest absolute Gasteiger partial charge is 0.124 e. The van der Waals surface area contributed by atoms with E-state index >= 15 is 0 Å². The van der Waals surface area contributed by atoms with Gasteiger partial charge in [-0.1, -0.05) is 84.9 Å². The van der Waals surface area contributed by atoms with E-state index in [1.807, 2.05) is 24.3 Å². The maximum atomic E-state index is 10.8. The van der Waals surface area contributed by atoms with Gasteiger partial charge in [0.05, 0.1) is 0 Å². The van der Waals surface area contributed by atoms with E-state index in [4.69, 9.17) is 0 Å². The van der Waals surface area contributed by atoms with E-state index in [0.29, 0.717) is 5.75 Å². The lowest BCUT2D eigenvalue weighted by Crippen LogP contribution is -1.88. The monoisotopic (exact) mass is 346 g/mol. The number of fused-ring (bicyclic) bond motifs is 2. The van der Waals surface area contributed by atoms with Gasteiger partial charge in [0.1, 0.15) is 5.75 Å². The van der Waals surface area contributed by atoms with Crippen molar-refractivity contribution in [2.45, 2.75) is 0 Å². The first-order chi connectivity index (χ1) is 13.3. The van der Waals surface area contributed by atoms with Gasteiger partial charge < -0.3 is 5.11 Å². The molecule has 0 saturated heterocycles. The Hall–Kier alpha value is -3.58. The molecule has 128 valence electrons. The molecule has 0 fully saturated rings. The Morgan fingerprint density at radius 2 is 1.15 bits per heavy atom. The van der Waals surface area contributed by atoms with Crippen LogP contribution in [0.4, 0.5) is 0 Å². The third kappa shape index (κ3) is 2.65. The fraction of sp³-hybridized carbons (Fsp3) is 0. The third-order valence-electron chi connectivity index (χ3n) is 5.15. The van der Waals surface area contributed by atoms with Gasteiger partial charge in [-0.2, -0.15) is 0 Å². The molecule has 0 heterocycles. The summed E-state index contributed by atoms with van der Waals surface area (Å²) in [5.74, 6) is 0.309. The highest BCUT2D eigenvalue weighted by atomic mass is 16.3. The van der Waals surface area contributed by atoms with Crippen LogP contribution in [0.2, 0.25) is 0 Å². The van der Waals surface area contributed by atoms with Gasteiger partial charge in [0.2, 0.25) is 0 Å². The maximum absolute atomic E-state index is 10.8. The van der Waals surface area contributed by atoms with Gasteiger partial charge in [-0.3, -0.25) is 0 Å². The highest BCUT2D eigenvalue weighted by molar-refractivity contribution is 6.09. The van der Waals surface area contributed by atoms with Crippen molar-refractivity contribution in [1.82, 2.24) is 0 Å². The zero-order valence-corrected chi connectivity index (χ0v) is 14.8. The predicted molar refractivity (Wildman–Crippen MR) is 114 cm³/mol. The van der Waals surface area contributed by atoms with E-state index in [1.54, 1.807) is 6.07 Å². The topological polar surface area (TPSA) is 20.2 Å². The van der Waals surface area contributed by atoms with Gasteiger partial charge in [-0.15, -0.1) is 0 Å². The maximum Gasteiger partial charge on any atom is 0.124 e. The number of hydrogen-bond acceptors (Lipinski definition) is 1. The Bertz CT molecular complexity index is 1270. The molecule has 1 N–H and O–H groups in total. The average molecular weight is 346 g/mol. The lowest BCUT2D eigenvalue weighted by atomic mass is 9.90. The second kappa shape index (κ2) is 6.30. The molecule has 0 radical (unpaired) electrons. The van der Waals surface area contributed by atoms with E-state index in [0.717, 1.165) is 32.8 Å². The normalized spacial score (nSPS) is 11.1. The van der Waals surface area contributed by atoms with Crippen molar-refractivity contribution in [2.75, 3.05) is 0 Å². The third-order valence-corrected chi connectivity index (χ3v) is 5.15. The molecule has 0 aliphatic heterocycles. The molecule has 5 aromatic carbocycles. The molecule has 0 saturated carbocycles. The molecule has 0 aliphatic carbocycles. The number of rotatable bonds is 2. The van der Waals surface area contributed by atoms with Crippen molar-refractivity contribution >= 4 is 21.5 Å². The van der Waals surface area contributed by atoms with Crippen molar-refractivity contribution in [3.8, 4) is 28.0 Å². The molecular weight excluding hydrogens is 328 g/mol. The lowest BCUT2D eigenvalue weighted by molar-refractivity contribution is 0.478. The summed E-state index contributed by atoms with van der Waals surface area (Å²) in [7, 11) is 0. The molecule has 0 aliphatic rings. The van der Waals surface area contributed by atoms with Gasteiger partial charge >= 0.3 is 0 Å². The molecule has 5 rings (SSSR count). The zero-order valence-electron chi connectivity index (χ0n) is 14.8. The van der Waals surface area contributed by atoms with Crippen LogP contribution in [0.1, 0.15) is 0 Å². The first-order valence-corrected chi connectivity index (χ1v) is 9.10. The van der Waals surface area contributed by atoms with E-state index in [9.17, 15) is 5.11 Å². The molecule has 27 heavy (non-hydrogen) atoms. The number of benzene rings is 5.